The maximum Gasteiger partial charge on any atom is 0.340 e. The van der Waals surface area contributed by atoms with Crippen molar-refractivity contribution in [2.24, 2.45) is 5.92 Å². The van der Waals surface area contributed by atoms with Gasteiger partial charge < -0.3 is 19.3 Å². The van der Waals surface area contributed by atoms with E-state index in [2.05, 4.69) is 0 Å². The van der Waals surface area contributed by atoms with Crippen molar-refractivity contribution in [2.75, 3.05) is 13.7 Å². The third-order valence-electron chi connectivity index (χ3n) is 4.51. The molecule has 0 radical (unpaired) electrons. The molecule has 1 aliphatic carbocycles. The molecule has 0 bridgehead atoms. The maximum atomic E-state index is 12.0. The van der Waals surface area contributed by atoms with Gasteiger partial charge >= 0.3 is 5.97 Å². The Balaban J connectivity index is 1.96. The van der Waals surface area contributed by atoms with Gasteiger partial charge in [0.1, 0.15) is 0 Å². The average molecular weight is 320 g/mol. The van der Waals surface area contributed by atoms with Gasteiger partial charge in [0, 0.05) is 6.42 Å². The van der Waals surface area contributed by atoms with Crippen molar-refractivity contribution in [3.63, 3.8) is 0 Å². The van der Waals surface area contributed by atoms with Crippen molar-refractivity contribution >= 4 is 12.3 Å². The Hall–Kier alpha value is -2.08. The first-order valence-corrected chi connectivity index (χ1v) is 7.85. The molecule has 1 unspecified atom stereocenters. The van der Waals surface area contributed by atoms with Gasteiger partial charge in [-0.2, -0.15) is 0 Å². The van der Waals surface area contributed by atoms with E-state index in [1.165, 1.54) is 20.0 Å². The third kappa shape index (κ3) is 3.03. The summed E-state index contributed by atoms with van der Waals surface area (Å²) in [5, 5.41) is 9.60. The van der Waals surface area contributed by atoms with Crippen LogP contribution in [0.5, 0.6) is 11.5 Å². The Kier molecular flexibility index (Phi) is 4.52. The van der Waals surface area contributed by atoms with Crippen molar-refractivity contribution in [2.45, 2.75) is 38.4 Å². The van der Waals surface area contributed by atoms with Crippen LogP contribution in [0.25, 0.3) is 0 Å². The van der Waals surface area contributed by atoms with Gasteiger partial charge in [-0.25, -0.2) is 4.79 Å². The fourth-order valence-corrected chi connectivity index (χ4v) is 3.33. The quantitative estimate of drug-likeness (QED) is 0.661. The van der Waals surface area contributed by atoms with Gasteiger partial charge in [0.15, 0.2) is 17.8 Å². The fraction of sp³-hybridized carbons (Fsp3) is 0.529. The molecule has 0 spiro atoms. The van der Waals surface area contributed by atoms with Gasteiger partial charge in [0.2, 0.25) is 6.29 Å². The standard InChI is InChI=1S/C17H20O6/c1-21-16-13(8-18)11-7-15(19)23-17(20)12(11)6-14(16)22-9-10-4-2-3-5-10/h6,8,10,15,19H,2-5,7,9H2,1H3. The van der Waals surface area contributed by atoms with Crippen molar-refractivity contribution < 1.29 is 28.9 Å². The molecule has 1 aromatic carbocycles. The molecule has 1 aromatic rings. The number of hydrogen-bond donors (Lipinski definition) is 1. The van der Waals surface area contributed by atoms with Gasteiger partial charge in [-0.05, 0) is 30.4 Å². The number of carbonyl (C=O) groups is 2. The van der Waals surface area contributed by atoms with Gasteiger partial charge in [-0.15, -0.1) is 0 Å². The lowest BCUT2D eigenvalue weighted by molar-refractivity contribution is -0.0688. The molecule has 23 heavy (non-hydrogen) atoms. The van der Waals surface area contributed by atoms with E-state index < -0.39 is 12.3 Å². The van der Waals surface area contributed by atoms with Crippen molar-refractivity contribution in [1.82, 2.24) is 0 Å². The zero-order chi connectivity index (χ0) is 16.4. The van der Waals surface area contributed by atoms with Crippen LogP contribution in [-0.4, -0.2) is 37.4 Å². The molecule has 0 amide bonds. The highest BCUT2D eigenvalue weighted by molar-refractivity contribution is 5.97. The SMILES string of the molecule is COc1c(OCC2CCCC2)cc2c(c1C=O)CC(O)OC2=O. The number of esters is 1. The summed E-state index contributed by atoms with van der Waals surface area (Å²) in [6.45, 7) is 0.533. The zero-order valence-corrected chi connectivity index (χ0v) is 13.0. The van der Waals surface area contributed by atoms with Crippen LogP contribution in [-0.2, 0) is 11.2 Å². The molecule has 1 saturated carbocycles. The lowest BCUT2D eigenvalue weighted by Gasteiger charge is -2.24. The van der Waals surface area contributed by atoms with Crippen molar-refractivity contribution in [3.05, 3.63) is 22.8 Å². The second-order valence-corrected chi connectivity index (χ2v) is 5.99. The molecular formula is C17H20O6. The number of ether oxygens (including phenoxy) is 3. The van der Waals surface area contributed by atoms with Crippen LogP contribution in [0.2, 0.25) is 0 Å². The minimum absolute atomic E-state index is 0.0639. The van der Waals surface area contributed by atoms with E-state index in [0.29, 0.717) is 35.9 Å². The summed E-state index contributed by atoms with van der Waals surface area (Å²) in [5.41, 5.74) is 0.926. The van der Waals surface area contributed by atoms with Crippen LogP contribution in [0.4, 0.5) is 0 Å². The fourth-order valence-electron chi connectivity index (χ4n) is 3.33. The Labute approximate surface area is 134 Å². The first-order chi connectivity index (χ1) is 11.1. The predicted octanol–water partition coefficient (Wildman–Crippen LogP) is 2.11. The summed E-state index contributed by atoms with van der Waals surface area (Å²) in [7, 11) is 1.45. The molecule has 6 nitrogen and oxygen atoms in total. The second kappa shape index (κ2) is 6.58. The smallest absolute Gasteiger partial charge is 0.340 e. The highest BCUT2D eigenvalue weighted by atomic mass is 16.6. The minimum Gasteiger partial charge on any atom is -0.492 e. The highest BCUT2D eigenvalue weighted by Crippen LogP contribution is 2.38. The van der Waals surface area contributed by atoms with Gasteiger partial charge in [-0.3, -0.25) is 4.79 Å². The van der Waals surface area contributed by atoms with E-state index >= 15 is 0 Å². The van der Waals surface area contributed by atoms with Crippen molar-refractivity contribution in [3.8, 4) is 11.5 Å². The molecule has 1 fully saturated rings. The molecule has 0 saturated heterocycles. The topological polar surface area (TPSA) is 82.1 Å². The molecule has 6 heteroatoms. The van der Waals surface area contributed by atoms with Crippen molar-refractivity contribution in [1.29, 1.82) is 0 Å². The lowest BCUT2D eigenvalue weighted by Crippen LogP contribution is -2.28. The van der Waals surface area contributed by atoms with Gasteiger partial charge in [0.25, 0.3) is 0 Å². The van der Waals surface area contributed by atoms with Crippen LogP contribution in [0.3, 0.4) is 0 Å². The number of aliphatic hydroxyl groups excluding tert-OH is 1. The first kappa shape index (κ1) is 15.8. The molecular weight excluding hydrogens is 300 g/mol. The van der Waals surface area contributed by atoms with Crippen LogP contribution in [0.15, 0.2) is 6.07 Å². The number of benzene rings is 1. The number of methoxy groups -OCH3 is 1. The lowest BCUT2D eigenvalue weighted by atomic mass is 9.95. The molecule has 1 N–H and O–H groups in total. The largest absolute Gasteiger partial charge is 0.492 e. The number of hydrogen-bond acceptors (Lipinski definition) is 6. The average Bonchev–Trinajstić information content (AvgIpc) is 3.05. The van der Waals surface area contributed by atoms with Crippen LogP contribution in [0, 0.1) is 5.92 Å². The van der Waals surface area contributed by atoms with Crippen LogP contribution < -0.4 is 9.47 Å². The Bertz CT molecular complexity index is 618. The molecule has 124 valence electrons. The van der Waals surface area contributed by atoms with E-state index in [1.54, 1.807) is 6.07 Å². The summed E-state index contributed by atoms with van der Waals surface area (Å²) in [6.07, 6.45) is 4.12. The normalized spacial score (nSPS) is 20.8. The molecule has 1 atom stereocenters. The first-order valence-electron chi connectivity index (χ1n) is 7.85. The second-order valence-electron chi connectivity index (χ2n) is 5.99. The van der Waals surface area contributed by atoms with Crippen LogP contribution in [0.1, 0.15) is 52.0 Å². The predicted molar refractivity (Wildman–Crippen MR) is 81.0 cm³/mol. The Morgan fingerprint density at radius 3 is 2.78 bits per heavy atom. The van der Waals surface area contributed by atoms with E-state index in [1.807, 2.05) is 0 Å². The summed E-state index contributed by atoms with van der Waals surface area (Å²) in [4.78, 5) is 23.5. The van der Waals surface area contributed by atoms with Gasteiger partial charge in [-0.1, -0.05) is 12.8 Å². The zero-order valence-electron chi connectivity index (χ0n) is 13.0. The van der Waals surface area contributed by atoms with Crippen LogP contribution >= 0.6 is 0 Å². The van der Waals surface area contributed by atoms with E-state index in [9.17, 15) is 14.7 Å². The van der Waals surface area contributed by atoms with Gasteiger partial charge in [0.05, 0.1) is 24.8 Å². The Morgan fingerprint density at radius 1 is 1.39 bits per heavy atom. The molecule has 1 heterocycles. The summed E-state index contributed by atoms with van der Waals surface area (Å²) in [5.74, 6) is 0.506. The van der Waals surface area contributed by atoms with E-state index in [-0.39, 0.29) is 17.5 Å². The van der Waals surface area contributed by atoms with E-state index in [4.69, 9.17) is 14.2 Å². The summed E-state index contributed by atoms with van der Waals surface area (Å²) < 4.78 is 16.0. The third-order valence-corrected chi connectivity index (χ3v) is 4.51. The number of aldehydes is 1. The minimum atomic E-state index is -1.25. The highest BCUT2D eigenvalue weighted by Gasteiger charge is 2.31. The molecule has 0 aromatic heterocycles. The van der Waals surface area contributed by atoms with E-state index in [0.717, 1.165) is 12.8 Å². The molecule has 2 aliphatic rings. The summed E-state index contributed by atoms with van der Waals surface area (Å²) in [6, 6.07) is 1.55. The molecule has 1 aliphatic heterocycles. The Morgan fingerprint density at radius 2 is 2.13 bits per heavy atom. The number of aliphatic hydroxyl groups is 1. The maximum absolute atomic E-state index is 12.0. The monoisotopic (exact) mass is 320 g/mol. The number of fused-ring (bicyclic) bond motifs is 1. The number of carbonyl (C=O) groups excluding carboxylic acids is 2. The summed E-state index contributed by atoms with van der Waals surface area (Å²) >= 11 is 0. The number of cyclic esters (lactones) is 1. The molecule has 3 rings (SSSR count). The number of rotatable bonds is 5.